The molecule has 3 nitrogen and oxygen atoms in total. The van der Waals surface area contributed by atoms with E-state index < -0.39 is 5.76 Å². The van der Waals surface area contributed by atoms with Crippen LogP contribution in [0.4, 0.5) is 14.7 Å². The summed E-state index contributed by atoms with van der Waals surface area (Å²) < 4.78 is 23.9. The molecule has 0 spiro atoms. The molecule has 1 radical (unpaired) electrons. The largest absolute Gasteiger partial charge is 0.354 e. The van der Waals surface area contributed by atoms with Crippen molar-refractivity contribution in [2.45, 2.75) is 24.5 Å². The summed E-state index contributed by atoms with van der Waals surface area (Å²) in [5, 5.41) is 2.97. The lowest BCUT2D eigenvalue weighted by Crippen LogP contribution is -2.08. The molecule has 1 rings (SSSR count). The fraction of sp³-hybridized carbons (Fsp3) is 0.444. The second-order valence-electron chi connectivity index (χ2n) is 3.18. The Hall–Kier alpha value is -0.910. The number of thioether (sulfide) groups is 1. The molecule has 1 aromatic rings. The zero-order valence-corrected chi connectivity index (χ0v) is 9.31. The Morgan fingerprint density at radius 1 is 1.40 bits per heavy atom. The average Bonchev–Trinajstić information content (AvgIpc) is 2.16. The van der Waals surface area contributed by atoms with E-state index in [-0.39, 0.29) is 0 Å². The molecule has 0 amide bonds. The Morgan fingerprint density at radius 2 is 2.00 bits per heavy atom. The highest BCUT2D eigenvalue weighted by Gasteiger charge is 2.06. The molecule has 0 aromatic carbocycles. The molecular formula is C9H12F2N3S. The number of nitrogens with one attached hydrogen (secondary N) is 1. The van der Waals surface area contributed by atoms with Gasteiger partial charge in [0, 0.05) is 23.8 Å². The highest BCUT2D eigenvalue weighted by molar-refractivity contribution is 7.99. The minimum absolute atomic E-state index is 0.368. The van der Waals surface area contributed by atoms with Gasteiger partial charge in [0.15, 0.2) is 0 Å². The Balaban J connectivity index is 2.49. The predicted octanol–water partition coefficient (Wildman–Crippen LogP) is 2.82. The predicted molar refractivity (Wildman–Crippen MR) is 57.0 cm³/mol. The molecule has 0 unspecified atom stereocenters. The molecule has 0 atom stereocenters. The van der Waals surface area contributed by atoms with Crippen molar-refractivity contribution in [2.75, 3.05) is 11.9 Å². The van der Waals surface area contributed by atoms with Gasteiger partial charge in [0.2, 0.25) is 5.95 Å². The van der Waals surface area contributed by atoms with Gasteiger partial charge in [-0.25, -0.2) is 9.97 Å². The maximum atomic E-state index is 12.0. The second-order valence-corrected chi connectivity index (χ2v) is 4.24. The number of hydrogen-bond acceptors (Lipinski definition) is 4. The number of nitrogens with zero attached hydrogens (tertiary/aromatic N) is 2. The van der Waals surface area contributed by atoms with E-state index in [1.54, 1.807) is 0 Å². The van der Waals surface area contributed by atoms with Crippen LogP contribution in [0.1, 0.15) is 13.8 Å². The molecule has 1 heterocycles. The van der Waals surface area contributed by atoms with Crippen molar-refractivity contribution in [2.24, 2.45) is 0 Å². The van der Waals surface area contributed by atoms with Crippen LogP contribution in [-0.2, 0) is 0 Å². The van der Waals surface area contributed by atoms with Gasteiger partial charge in [0.1, 0.15) is 0 Å². The van der Waals surface area contributed by atoms with Gasteiger partial charge >= 0.3 is 0 Å². The summed E-state index contributed by atoms with van der Waals surface area (Å²) in [5.41, 5.74) is 0. The lowest BCUT2D eigenvalue weighted by Gasteiger charge is -2.06. The first-order valence-electron chi connectivity index (χ1n) is 4.37. The summed E-state index contributed by atoms with van der Waals surface area (Å²) >= 11 is 0.440. The second kappa shape index (κ2) is 5.85. The van der Waals surface area contributed by atoms with E-state index in [0.29, 0.717) is 29.2 Å². The third-order valence-corrected chi connectivity index (χ3v) is 2.11. The van der Waals surface area contributed by atoms with E-state index in [2.05, 4.69) is 15.3 Å². The summed E-state index contributed by atoms with van der Waals surface area (Å²) in [6.07, 6.45) is 2.77. The molecule has 0 aliphatic rings. The summed E-state index contributed by atoms with van der Waals surface area (Å²) in [6.45, 7) is 4.64. The molecule has 15 heavy (non-hydrogen) atoms. The van der Waals surface area contributed by atoms with E-state index in [0.717, 1.165) is 0 Å². The van der Waals surface area contributed by atoms with Crippen LogP contribution in [0, 0.1) is 5.92 Å². The van der Waals surface area contributed by atoms with Crippen LogP contribution in [0.5, 0.6) is 0 Å². The highest BCUT2D eigenvalue weighted by Crippen LogP contribution is 2.23. The van der Waals surface area contributed by atoms with Crippen molar-refractivity contribution < 1.29 is 8.78 Å². The standard InChI is InChI=1S/C9H12F2N3S/c1-6(2)3-12-9-13-4-7(5-14-9)15-8(10)11/h4-5,8H,3H2,1-2H3,(H,12,13,14). The van der Waals surface area contributed by atoms with Crippen molar-refractivity contribution in [3.8, 4) is 0 Å². The van der Waals surface area contributed by atoms with Gasteiger partial charge in [-0.2, -0.15) is 8.78 Å². The fourth-order valence-corrected chi connectivity index (χ4v) is 1.26. The molecule has 0 aliphatic heterocycles. The molecule has 0 aliphatic carbocycles. The molecule has 1 N–H and O–H groups in total. The van der Waals surface area contributed by atoms with E-state index in [1.807, 2.05) is 13.8 Å². The van der Waals surface area contributed by atoms with Crippen LogP contribution < -0.4 is 5.32 Å². The number of anilines is 1. The number of alkyl halides is 2. The fourth-order valence-electron chi connectivity index (χ4n) is 0.827. The highest BCUT2D eigenvalue weighted by atomic mass is 32.2. The zero-order valence-electron chi connectivity index (χ0n) is 8.50. The Labute approximate surface area is 91.7 Å². The van der Waals surface area contributed by atoms with Crippen LogP contribution in [0.15, 0.2) is 17.3 Å². The zero-order chi connectivity index (χ0) is 11.3. The van der Waals surface area contributed by atoms with Crippen molar-refractivity contribution in [1.82, 2.24) is 9.97 Å². The quantitative estimate of drug-likeness (QED) is 0.792. The molecule has 0 bridgehead atoms. The molecular weight excluding hydrogens is 220 g/mol. The normalized spacial score (nSPS) is 11.1. The monoisotopic (exact) mass is 232 g/mol. The molecule has 0 fully saturated rings. The van der Waals surface area contributed by atoms with Gasteiger partial charge in [-0.15, -0.1) is 0 Å². The van der Waals surface area contributed by atoms with E-state index in [9.17, 15) is 8.78 Å². The van der Waals surface area contributed by atoms with E-state index in [1.165, 1.54) is 18.3 Å². The minimum atomic E-state index is -2.43. The molecule has 0 saturated heterocycles. The van der Waals surface area contributed by atoms with Gasteiger partial charge in [0.25, 0.3) is 5.76 Å². The topological polar surface area (TPSA) is 37.8 Å². The Kier molecular flexibility index (Phi) is 4.74. The summed E-state index contributed by atoms with van der Waals surface area (Å²) in [7, 11) is 0. The van der Waals surface area contributed by atoms with Crippen molar-refractivity contribution in [1.29, 1.82) is 0 Å². The molecule has 0 saturated carbocycles. The third-order valence-electron chi connectivity index (χ3n) is 1.45. The summed E-state index contributed by atoms with van der Waals surface area (Å²) in [6, 6.07) is 0. The number of aromatic nitrogens is 2. The summed E-state index contributed by atoms with van der Waals surface area (Å²) in [4.78, 5) is 8.20. The SMILES string of the molecule is C[C](C)CNc1ncc(SC(F)F)cn1. The molecule has 83 valence electrons. The lowest BCUT2D eigenvalue weighted by molar-refractivity contribution is 0.252. The minimum Gasteiger partial charge on any atom is -0.354 e. The smallest absolute Gasteiger partial charge is 0.289 e. The molecule has 1 aromatic heterocycles. The molecule has 6 heteroatoms. The van der Waals surface area contributed by atoms with Gasteiger partial charge in [-0.1, -0.05) is 25.6 Å². The maximum Gasteiger partial charge on any atom is 0.289 e. The van der Waals surface area contributed by atoms with E-state index in [4.69, 9.17) is 0 Å². The first kappa shape index (κ1) is 12.2. The van der Waals surface area contributed by atoms with Crippen LogP contribution >= 0.6 is 11.8 Å². The number of rotatable bonds is 5. The number of hydrogen-bond donors (Lipinski definition) is 1. The Morgan fingerprint density at radius 3 is 2.47 bits per heavy atom. The summed E-state index contributed by atoms with van der Waals surface area (Å²) in [5.74, 6) is -0.780. The van der Waals surface area contributed by atoms with Crippen molar-refractivity contribution >= 4 is 17.7 Å². The van der Waals surface area contributed by atoms with Gasteiger partial charge in [-0.3, -0.25) is 0 Å². The van der Waals surface area contributed by atoms with Gasteiger partial charge in [-0.05, 0) is 5.92 Å². The van der Waals surface area contributed by atoms with Crippen LogP contribution in [0.25, 0.3) is 0 Å². The van der Waals surface area contributed by atoms with E-state index >= 15 is 0 Å². The van der Waals surface area contributed by atoms with Crippen LogP contribution in [0.3, 0.4) is 0 Å². The van der Waals surface area contributed by atoms with Gasteiger partial charge in [0.05, 0.1) is 0 Å². The first-order chi connectivity index (χ1) is 7.08. The van der Waals surface area contributed by atoms with Crippen molar-refractivity contribution in [3.05, 3.63) is 18.3 Å². The average molecular weight is 232 g/mol. The number of halogens is 2. The van der Waals surface area contributed by atoms with Crippen molar-refractivity contribution in [3.63, 3.8) is 0 Å². The van der Waals surface area contributed by atoms with Gasteiger partial charge < -0.3 is 5.32 Å². The van der Waals surface area contributed by atoms with Crippen LogP contribution in [0.2, 0.25) is 0 Å². The Bertz CT molecular complexity index is 290. The van der Waals surface area contributed by atoms with Crippen LogP contribution in [-0.4, -0.2) is 22.3 Å². The first-order valence-corrected chi connectivity index (χ1v) is 5.25. The maximum absolute atomic E-state index is 12.0. The third kappa shape index (κ3) is 4.92. The lowest BCUT2D eigenvalue weighted by atomic mass is 10.2.